The summed E-state index contributed by atoms with van der Waals surface area (Å²) in [7, 11) is -4.78. The van der Waals surface area contributed by atoms with E-state index in [1.165, 1.54) is 0 Å². The van der Waals surface area contributed by atoms with Crippen molar-refractivity contribution < 1.29 is 42.4 Å². The lowest BCUT2D eigenvalue weighted by molar-refractivity contribution is -0.205. The molecule has 0 aromatic carbocycles. The average Bonchev–Trinajstić information content (AvgIpc) is 2.55. The zero-order chi connectivity index (χ0) is 19.0. The van der Waals surface area contributed by atoms with Crippen molar-refractivity contribution >= 4 is 39.0 Å². The second-order valence-electron chi connectivity index (χ2n) is 5.25. The molecule has 1 rings (SSSR count). The number of aliphatic hydroxyl groups is 4. The molecule has 0 aliphatic carbocycles. The fourth-order valence-electron chi connectivity index (χ4n) is 2.04. The summed E-state index contributed by atoms with van der Waals surface area (Å²) >= 11 is 2.43. The van der Waals surface area contributed by atoms with E-state index in [1.807, 2.05) is 6.26 Å². The minimum absolute atomic E-state index is 0.114. The third-order valence-corrected chi connectivity index (χ3v) is 5.46. The largest absolute Gasteiger partial charge is 0.466 e. The number of oxime groups is 1. The third-order valence-electron chi connectivity index (χ3n) is 3.32. The number of ether oxygens (including phenoxy) is 1. The molecule has 25 heavy (non-hydrogen) atoms. The molecule has 13 heteroatoms. The third kappa shape index (κ3) is 7.97. The van der Waals surface area contributed by atoms with Gasteiger partial charge in [-0.2, -0.15) is 20.2 Å². The average molecular weight is 422 g/mol. The highest BCUT2D eigenvalue weighted by atomic mass is 32.3. The zero-order valence-electron chi connectivity index (χ0n) is 13.5. The van der Waals surface area contributed by atoms with E-state index in [0.29, 0.717) is 6.42 Å². The van der Waals surface area contributed by atoms with Crippen LogP contribution in [-0.2, 0) is 19.4 Å². The first kappa shape index (κ1) is 22.9. The molecule has 5 N–H and O–H groups in total. The molecule has 148 valence electrons. The van der Waals surface area contributed by atoms with Crippen LogP contribution in [-0.4, -0.2) is 86.9 Å². The molecule has 0 radical (unpaired) electrons. The van der Waals surface area contributed by atoms with Gasteiger partial charge in [-0.05, 0) is 31.3 Å². The van der Waals surface area contributed by atoms with Gasteiger partial charge in [0.15, 0.2) is 0 Å². The van der Waals surface area contributed by atoms with Crippen LogP contribution in [0.15, 0.2) is 5.16 Å². The van der Waals surface area contributed by atoms with Crippen LogP contribution in [0.25, 0.3) is 0 Å². The first-order chi connectivity index (χ1) is 11.7. The van der Waals surface area contributed by atoms with Gasteiger partial charge in [-0.25, -0.2) is 4.28 Å². The first-order valence-corrected chi connectivity index (χ1v) is 11.0. The van der Waals surface area contributed by atoms with E-state index in [9.17, 15) is 28.8 Å². The van der Waals surface area contributed by atoms with E-state index in [4.69, 9.17) is 9.29 Å². The number of nitrogens with zero attached hydrogens (tertiary/aromatic N) is 1. The highest BCUT2D eigenvalue weighted by Crippen LogP contribution is 2.30. The standard InChI is InChI=1S/C12H23NO9S3/c1-23-5-3-2-4-8(13-22-25(18,19)20)24-12-11(17)10(16)9(15)7(6-14)21-12/h7,9-12,14-17H,2-6H2,1H3,(H,18,19,20)/b13-8-/t7-,9-,10+,11-,12+/m1/s1. The van der Waals surface area contributed by atoms with Gasteiger partial charge in [-0.15, -0.1) is 0 Å². The second kappa shape index (κ2) is 10.9. The lowest BCUT2D eigenvalue weighted by atomic mass is 10.0. The molecule has 10 nitrogen and oxygen atoms in total. The number of hydrogen-bond acceptors (Lipinski definition) is 11. The van der Waals surface area contributed by atoms with Crippen LogP contribution >= 0.6 is 23.5 Å². The monoisotopic (exact) mass is 421 g/mol. The molecule has 0 amide bonds. The zero-order valence-corrected chi connectivity index (χ0v) is 15.9. The maximum Gasteiger partial charge on any atom is 0.466 e. The van der Waals surface area contributed by atoms with Gasteiger partial charge in [0.1, 0.15) is 34.9 Å². The highest BCUT2D eigenvalue weighted by Gasteiger charge is 2.44. The van der Waals surface area contributed by atoms with Gasteiger partial charge in [0.05, 0.1) is 6.61 Å². The van der Waals surface area contributed by atoms with Crippen molar-refractivity contribution in [2.75, 3.05) is 18.6 Å². The van der Waals surface area contributed by atoms with Gasteiger partial charge >= 0.3 is 10.4 Å². The molecule has 0 saturated carbocycles. The second-order valence-corrected chi connectivity index (χ2v) is 8.41. The van der Waals surface area contributed by atoms with Crippen LogP contribution in [0.5, 0.6) is 0 Å². The van der Waals surface area contributed by atoms with Crippen LogP contribution < -0.4 is 0 Å². The molecular weight excluding hydrogens is 398 g/mol. The molecule has 1 aliphatic heterocycles. The predicted molar refractivity (Wildman–Crippen MR) is 93.7 cm³/mol. The van der Waals surface area contributed by atoms with Gasteiger partial charge < -0.3 is 25.2 Å². The summed E-state index contributed by atoms with van der Waals surface area (Å²) in [5.74, 6) is 0.886. The maximum absolute atomic E-state index is 10.7. The molecule has 1 heterocycles. The molecule has 0 aromatic heterocycles. The van der Waals surface area contributed by atoms with Crippen molar-refractivity contribution in [1.82, 2.24) is 0 Å². The normalized spacial score (nSPS) is 31.1. The van der Waals surface area contributed by atoms with Gasteiger partial charge in [-0.1, -0.05) is 16.9 Å². The molecule has 0 unspecified atom stereocenters. The summed E-state index contributed by atoms with van der Waals surface area (Å²) in [6.45, 7) is -0.580. The van der Waals surface area contributed by atoms with Crippen molar-refractivity contribution in [3.63, 3.8) is 0 Å². The Morgan fingerprint density at radius 2 is 1.88 bits per heavy atom. The highest BCUT2D eigenvalue weighted by molar-refractivity contribution is 8.14. The number of hydrogen-bond donors (Lipinski definition) is 5. The fraction of sp³-hybridized carbons (Fsp3) is 0.917. The van der Waals surface area contributed by atoms with Gasteiger partial charge in [0.25, 0.3) is 0 Å². The summed E-state index contributed by atoms with van der Waals surface area (Å²) in [5.41, 5.74) is -1.11. The molecule has 1 aliphatic rings. The maximum atomic E-state index is 10.7. The predicted octanol–water partition coefficient (Wildman–Crippen LogP) is -0.814. The van der Waals surface area contributed by atoms with Crippen LogP contribution in [0.4, 0.5) is 0 Å². The Morgan fingerprint density at radius 3 is 2.44 bits per heavy atom. The Morgan fingerprint density at radius 1 is 1.20 bits per heavy atom. The Balaban J connectivity index is 2.80. The number of thioether (sulfide) groups is 2. The van der Waals surface area contributed by atoms with Crippen LogP contribution in [0.2, 0.25) is 0 Å². The fourth-order valence-corrected chi connectivity index (χ4v) is 3.87. The molecule has 0 spiro atoms. The van der Waals surface area contributed by atoms with Gasteiger partial charge in [0.2, 0.25) is 0 Å². The van der Waals surface area contributed by atoms with E-state index >= 15 is 0 Å². The molecule has 5 atom stereocenters. The Labute approximate surface area is 154 Å². The molecular formula is C12H23NO9S3. The minimum Gasteiger partial charge on any atom is -0.394 e. The van der Waals surface area contributed by atoms with Crippen LogP contribution in [0.3, 0.4) is 0 Å². The Kier molecular flexibility index (Phi) is 9.98. The number of aliphatic hydroxyl groups excluding tert-OH is 4. The Bertz CT molecular complexity index is 528. The van der Waals surface area contributed by atoms with Gasteiger partial charge in [0, 0.05) is 0 Å². The Hall–Kier alpha value is -0.120. The lowest BCUT2D eigenvalue weighted by Gasteiger charge is -2.39. The molecule has 1 saturated heterocycles. The summed E-state index contributed by atoms with van der Waals surface area (Å²) in [4.78, 5) is 0. The minimum atomic E-state index is -4.78. The first-order valence-electron chi connectivity index (χ1n) is 7.38. The van der Waals surface area contributed by atoms with Crippen molar-refractivity contribution in [2.24, 2.45) is 5.16 Å². The quantitative estimate of drug-likeness (QED) is 0.104. The van der Waals surface area contributed by atoms with E-state index in [1.54, 1.807) is 11.8 Å². The van der Waals surface area contributed by atoms with Crippen molar-refractivity contribution in [3.05, 3.63) is 0 Å². The molecule has 0 bridgehead atoms. The van der Waals surface area contributed by atoms with Crippen LogP contribution in [0, 0.1) is 0 Å². The van der Waals surface area contributed by atoms with Crippen molar-refractivity contribution in [2.45, 2.75) is 49.1 Å². The van der Waals surface area contributed by atoms with E-state index in [2.05, 4.69) is 9.44 Å². The topological polar surface area (TPSA) is 166 Å². The SMILES string of the molecule is CSCCCC/C(=N/OS(=O)(=O)O)S[C@@H]1O[C@H](CO)[C@@H](O)[C@H](O)[C@H]1O. The summed E-state index contributed by atoms with van der Waals surface area (Å²) in [5, 5.41) is 42.2. The smallest absolute Gasteiger partial charge is 0.394 e. The van der Waals surface area contributed by atoms with E-state index < -0.39 is 46.9 Å². The summed E-state index contributed by atoms with van der Waals surface area (Å²) in [6.07, 6.45) is -1.94. The van der Waals surface area contributed by atoms with Crippen molar-refractivity contribution in [1.29, 1.82) is 0 Å². The summed E-state index contributed by atoms with van der Waals surface area (Å²) < 4.78 is 39.4. The molecule has 1 fully saturated rings. The number of rotatable bonds is 9. The van der Waals surface area contributed by atoms with Crippen molar-refractivity contribution in [3.8, 4) is 0 Å². The van der Waals surface area contributed by atoms with Gasteiger partial charge in [-0.3, -0.25) is 4.55 Å². The summed E-state index contributed by atoms with van der Waals surface area (Å²) in [6, 6.07) is 0. The molecule has 0 aromatic rings. The number of unbranched alkanes of at least 4 members (excludes halogenated alkanes) is 1. The van der Waals surface area contributed by atoms with Crippen LogP contribution in [0.1, 0.15) is 19.3 Å². The van der Waals surface area contributed by atoms with E-state index in [-0.39, 0.29) is 11.5 Å². The lowest BCUT2D eigenvalue weighted by Crippen LogP contribution is -2.57. The van der Waals surface area contributed by atoms with E-state index in [0.717, 1.165) is 23.9 Å².